The number of benzene rings is 1. The number of nitrogens with zero attached hydrogens (tertiary/aromatic N) is 1. The summed E-state index contributed by atoms with van der Waals surface area (Å²) in [4.78, 5) is 6.86. The second kappa shape index (κ2) is 6.90. The molecule has 2 aromatic rings. The quantitative estimate of drug-likeness (QED) is 0.817. The molecule has 1 heterocycles. The van der Waals surface area contributed by atoms with E-state index in [2.05, 4.69) is 12.2 Å². The molecule has 0 amide bonds. The van der Waals surface area contributed by atoms with Crippen LogP contribution in [0.5, 0.6) is 0 Å². The molecule has 1 aliphatic rings. The molecule has 1 aromatic carbocycles. The summed E-state index contributed by atoms with van der Waals surface area (Å²) < 4.78 is 13.6. The zero-order valence-corrected chi connectivity index (χ0v) is 13.7. The fourth-order valence-corrected chi connectivity index (χ4v) is 4.83. The van der Waals surface area contributed by atoms with Crippen molar-refractivity contribution in [1.82, 2.24) is 10.3 Å². The van der Waals surface area contributed by atoms with Crippen molar-refractivity contribution in [2.75, 3.05) is 6.54 Å². The number of halogens is 1. The van der Waals surface area contributed by atoms with Gasteiger partial charge in [-0.05, 0) is 37.9 Å². The van der Waals surface area contributed by atoms with Crippen LogP contribution in [-0.4, -0.2) is 11.5 Å². The minimum Gasteiger partial charge on any atom is -0.309 e. The van der Waals surface area contributed by atoms with Gasteiger partial charge in [-0.3, -0.25) is 0 Å². The lowest BCUT2D eigenvalue weighted by Gasteiger charge is -2.21. The minimum absolute atomic E-state index is 0.144. The van der Waals surface area contributed by atoms with Crippen molar-refractivity contribution in [1.29, 1.82) is 0 Å². The zero-order chi connectivity index (χ0) is 14.7. The minimum atomic E-state index is -0.144. The van der Waals surface area contributed by atoms with Crippen molar-refractivity contribution in [3.05, 3.63) is 45.7 Å². The number of rotatable bonds is 5. The van der Waals surface area contributed by atoms with Gasteiger partial charge in [0.2, 0.25) is 0 Å². The van der Waals surface area contributed by atoms with Crippen molar-refractivity contribution in [3.63, 3.8) is 0 Å². The summed E-state index contributed by atoms with van der Waals surface area (Å²) in [6.45, 7) is 3.13. The van der Waals surface area contributed by atoms with E-state index in [1.807, 2.05) is 12.1 Å². The molecule has 1 unspecified atom stereocenters. The Kier molecular flexibility index (Phi) is 4.93. The molecule has 1 N–H and O–H groups in total. The Labute approximate surface area is 133 Å². The highest BCUT2D eigenvalue weighted by atomic mass is 32.2. The molecule has 112 valence electrons. The van der Waals surface area contributed by atoms with Crippen LogP contribution in [-0.2, 0) is 12.2 Å². The standard InChI is InChI=1S/C16H19FN2S2/c1-2-18-12-7-5-8-13-16(12)21-15(19-13)10-20-14-9-4-3-6-11(14)17/h3-4,6,9,12,18H,2,5,7-8,10H2,1H3. The average molecular weight is 322 g/mol. The first kappa shape index (κ1) is 15.0. The van der Waals surface area contributed by atoms with E-state index in [1.54, 1.807) is 17.4 Å². The molecule has 0 fully saturated rings. The zero-order valence-electron chi connectivity index (χ0n) is 12.1. The molecule has 0 radical (unpaired) electrons. The molecule has 21 heavy (non-hydrogen) atoms. The predicted molar refractivity (Wildman–Crippen MR) is 87.4 cm³/mol. The van der Waals surface area contributed by atoms with E-state index in [-0.39, 0.29) is 5.82 Å². The largest absolute Gasteiger partial charge is 0.309 e. The van der Waals surface area contributed by atoms with E-state index in [0.29, 0.717) is 10.9 Å². The summed E-state index contributed by atoms with van der Waals surface area (Å²) in [5, 5.41) is 4.65. The normalized spacial score (nSPS) is 17.7. The van der Waals surface area contributed by atoms with Gasteiger partial charge in [0.25, 0.3) is 0 Å². The number of aromatic nitrogens is 1. The van der Waals surface area contributed by atoms with Crippen molar-refractivity contribution in [2.24, 2.45) is 0 Å². The van der Waals surface area contributed by atoms with Gasteiger partial charge < -0.3 is 5.32 Å². The molecule has 2 nitrogen and oxygen atoms in total. The first-order valence-electron chi connectivity index (χ1n) is 7.37. The number of hydrogen-bond donors (Lipinski definition) is 1. The summed E-state index contributed by atoms with van der Waals surface area (Å²) in [6, 6.07) is 7.40. The number of aryl methyl sites for hydroxylation is 1. The first-order chi connectivity index (χ1) is 10.3. The monoisotopic (exact) mass is 322 g/mol. The molecule has 1 aliphatic carbocycles. The van der Waals surface area contributed by atoms with Gasteiger partial charge in [0.05, 0.1) is 11.4 Å². The fourth-order valence-electron chi connectivity index (χ4n) is 2.67. The summed E-state index contributed by atoms with van der Waals surface area (Å²) in [7, 11) is 0. The number of fused-ring (bicyclic) bond motifs is 1. The van der Waals surface area contributed by atoms with Crippen molar-refractivity contribution >= 4 is 23.1 Å². The number of nitrogens with one attached hydrogen (secondary N) is 1. The van der Waals surface area contributed by atoms with Crippen LogP contribution in [0, 0.1) is 5.82 Å². The Morgan fingerprint density at radius 1 is 1.43 bits per heavy atom. The Morgan fingerprint density at radius 2 is 2.29 bits per heavy atom. The van der Waals surface area contributed by atoms with Crippen LogP contribution in [0.25, 0.3) is 0 Å². The SMILES string of the molecule is CCNC1CCCc2nc(CSc3ccccc3F)sc21. The maximum atomic E-state index is 13.6. The maximum Gasteiger partial charge on any atom is 0.136 e. The van der Waals surface area contributed by atoms with E-state index in [0.717, 1.165) is 23.7 Å². The molecular formula is C16H19FN2S2. The van der Waals surface area contributed by atoms with E-state index in [4.69, 9.17) is 4.98 Å². The topological polar surface area (TPSA) is 24.9 Å². The Hall–Kier alpha value is -0.910. The van der Waals surface area contributed by atoms with Gasteiger partial charge in [0, 0.05) is 15.8 Å². The Balaban J connectivity index is 1.71. The third-order valence-corrected chi connectivity index (χ3v) is 6.09. The number of hydrogen-bond acceptors (Lipinski definition) is 4. The molecule has 1 atom stereocenters. The fraction of sp³-hybridized carbons (Fsp3) is 0.438. The highest BCUT2D eigenvalue weighted by Crippen LogP contribution is 2.36. The average Bonchev–Trinajstić information content (AvgIpc) is 2.91. The Morgan fingerprint density at radius 3 is 3.10 bits per heavy atom. The summed E-state index contributed by atoms with van der Waals surface area (Å²) in [5.41, 5.74) is 1.25. The molecule has 0 saturated heterocycles. The van der Waals surface area contributed by atoms with Crippen LogP contribution in [0.4, 0.5) is 4.39 Å². The van der Waals surface area contributed by atoms with E-state index in [9.17, 15) is 4.39 Å². The number of thioether (sulfide) groups is 1. The van der Waals surface area contributed by atoms with Gasteiger partial charge in [-0.15, -0.1) is 23.1 Å². The van der Waals surface area contributed by atoms with Gasteiger partial charge >= 0.3 is 0 Å². The summed E-state index contributed by atoms with van der Waals surface area (Å²) in [6.07, 6.45) is 3.48. The van der Waals surface area contributed by atoms with Crippen LogP contribution < -0.4 is 5.32 Å². The molecule has 5 heteroatoms. The van der Waals surface area contributed by atoms with Crippen LogP contribution in [0.3, 0.4) is 0 Å². The lowest BCUT2D eigenvalue weighted by Crippen LogP contribution is -2.23. The number of thiazole rings is 1. The summed E-state index contributed by atoms with van der Waals surface area (Å²) in [5.74, 6) is 0.603. The highest BCUT2D eigenvalue weighted by Gasteiger charge is 2.23. The third kappa shape index (κ3) is 3.47. The van der Waals surface area contributed by atoms with Crippen molar-refractivity contribution in [2.45, 2.75) is 42.9 Å². The van der Waals surface area contributed by atoms with Gasteiger partial charge in [-0.2, -0.15) is 0 Å². The molecule has 1 aromatic heterocycles. The van der Waals surface area contributed by atoms with Gasteiger partial charge in [0.15, 0.2) is 0 Å². The van der Waals surface area contributed by atoms with Crippen LogP contribution in [0.15, 0.2) is 29.2 Å². The molecule has 0 saturated carbocycles. The van der Waals surface area contributed by atoms with Crippen molar-refractivity contribution < 1.29 is 4.39 Å². The smallest absolute Gasteiger partial charge is 0.136 e. The maximum absolute atomic E-state index is 13.6. The molecule has 3 rings (SSSR count). The van der Waals surface area contributed by atoms with E-state index >= 15 is 0 Å². The second-order valence-electron chi connectivity index (χ2n) is 5.14. The molecule has 0 aliphatic heterocycles. The first-order valence-corrected chi connectivity index (χ1v) is 9.17. The molecular weight excluding hydrogens is 303 g/mol. The lowest BCUT2D eigenvalue weighted by molar-refractivity contribution is 0.476. The van der Waals surface area contributed by atoms with Crippen LogP contribution in [0.1, 0.15) is 41.4 Å². The van der Waals surface area contributed by atoms with Crippen LogP contribution >= 0.6 is 23.1 Å². The lowest BCUT2D eigenvalue weighted by atomic mass is 9.98. The summed E-state index contributed by atoms with van der Waals surface area (Å²) >= 11 is 3.32. The molecule has 0 spiro atoms. The van der Waals surface area contributed by atoms with E-state index in [1.165, 1.54) is 41.2 Å². The van der Waals surface area contributed by atoms with Gasteiger partial charge in [-0.1, -0.05) is 19.1 Å². The third-order valence-electron chi connectivity index (χ3n) is 3.63. The second-order valence-corrected chi connectivity index (χ2v) is 7.27. The van der Waals surface area contributed by atoms with Crippen LogP contribution in [0.2, 0.25) is 0 Å². The van der Waals surface area contributed by atoms with E-state index < -0.39 is 0 Å². The highest BCUT2D eigenvalue weighted by molar-refractivity contribution is 7.98. The van der Waals surface area contributed by atoms with Gasteiger partial charge in [-0.25, -0.2) is 9.37 Å². The van der Waals surface area contributed by atoms with Crippen molar-refractivity contribution in [3.8, 4) is 0 Å². The molecule has 0 bridgehead atoms. The predicted octanol–water partition coefficient (Wildman–Crippen LogP) is 4.56. The Bertz CT molecular complexity index is 612. The van der Waals surface area contributed by atoms with Gasteiger partial charge in [0.1, 0.15) is 10.8 Å².